The molecule has 0 aliphatic heterocycles. The molecule has 0 unspecified atom stereocenters. The van der Waals surface area contributed by atoms with Gasteiger partial charge in [-0.15, -0.1) is 0 Å². The van der Waals surface area contributed by atoms with E-state index in [1.807, 2.05) is 45.0 Å². The van der Waals surface area contributed by atoms with Gasteiger partial charge in [0.2, 0.25) is 10.0 Å². The number of nitrogens with zero attached hydrogens (tertiary/aromatic N) is 3. The van der Waals surface area contributed by atoms with Crippen LogP contribution in [0.4, 0.5) is 0 Å². The van der Waals surface area contributed by atoms with E-state index in [1.165, 1.54) is 28.6 Å². The van der Waals surface area contributed by atoms with E-state index in [0.29, 0.717) is 18.7 Å². The first-order valence-corrected chi connectivity index (χ1v) is 10.9. The van der Waals surface area contributed by atoms with Crippen molar-refractivity contribution in [3.63, 3.8) is 0 Å². The van der Waals surface area contributed by atoms with Gasteiger partial charge in [0.15, 0.2) is 0 Å². The van der Waals surface area contributed by atoms with Crippen LogP contribution in [0.25, 0.3) is 11.0 Å². The van der Waals surface area contributed by atoms with Crippen molar-refractivity contribution in [3.8, 4) is 0 Å². The monoisotopic (exact) mass is 414 g/mol. The van der Waals surface area contributed by atoms with E-state index >= 15 is 0 Å². The summed E-state index contributed by atoms with van der Waals surface area (Å²) in [6.45, 7) is 6.60. The van der Waals surface area contributed by atoms with Crippen LogP contribution in [0, 0.1) is 6.92 Å². The Bertz CT molecular complexity index is 1120. The number of hydrogen-bond donors (Lipinski definition) is 1. The van der Waals surface area contributed by atoms with Crippen LogP contribution in [0.1, 0.15) is 30.0 Å². The van der Waals surface area contributed by atoms with Gasteiger partial charge in [-0.25, -0.2) is 13.4 Å². The molecule has 1 N–H and O–H groups in total. The predicted octanol–water partition coefficient (Wildman–Crippen LogP) is 2.80. The molecule has 0 aliphatic rings. The van der Waals surface area contributed by atoms with Crippen molar-refractivity contribution < 1.29 is 13.2 Å². The highest BCUT2D eigenvalue weighted by Crippen LogP contribution is 2.17. The number of benzene rings is 2. The van der Waals surface area contributed by atoms with Crippen molar-refractivity contribution in [2.45, 2.75) is 38.3 Å². The zero-order valence-electron chi connectivity index (χ0n) is 17.1. The van der Waals surface area contributed by atoms with Crippen molar-refractivity contribution in [1.82, 2.24) is 19.2 Å². The van der Waals surface area contributed by atoms with Crippen LogP contribution in [0.5, 0.6) is 0 Å². The zero-order valence-corrected chi connectivity index (χ0v) is 17.9. The van der Waals surface area contributed by atoms with Gasteiger partial charge in [-0.2, -0.15) is 4.31 Å². The molecule has 29 heavy (non-hydrogen) atoms. The Kier molecular flexibility index (Phi) is 6.04. The number of fused-ring (bicyclic) bond motifs is 1. The molecule has 2 aromatic carbocycles. The maximum absolute atomic E-state index is 12.5. The van der Waals surface area contributed by atoms with Gasteiger partial charge >= 0.3 is 0 Å². The topological polar surface area (TPSA) is 84.3 Å². The summed E-state index contributed by atoms with van der Waals surface area (Å²) in [4.78, 5) is 17.1. The van der Waals surface area contributed by atoms with Gasteiger partial charge < -0.3 is 9.88 Å². The summed E-state index contributed by atoms with van der Waals surface area (Å²) < 4.78 is 28.4. The SMILES string of the molecule is Cc1nc2ccccc2n1CCNC(=O)c1ccc(S(=O)(=O)N(C)C(C)C)cc1. The highest BCUT2D eigenvalue weighted by atomic mass is 32.2. The van der Waals surface area contributed by atoms with E-state index in [-0.39, 0.29) is 16.8 Å². The molecule has 0 aliphatic carbocycles. The Labute approximate surface area is 171 Å². The fourth-order valence-corrected chi connectivity index (χ4v) is 4.45. The number of nitrogens with one attached hydrogen (secondary N) is 1. The second kappa shape index (κ2) is 8.34. The number of imidazole rings is 1. The van der Waals surface area contributed by atoms with E-state index in [0.717, 1.165) is 16.9 Å². The fraction of sp³-hybridized carbons (Fsp3) is 0.333. The summed E-state index contributed by atoms with van der Waals surface area (Å²) in [6.07, 6.45) is 0. The average molecular weight is 415 g/mol. The summed E-state index contributed by atoms with van der Waals surface area (Å²) in [5, 5.41) is 2.88. The van der Waals surface area contributed by atoms with Crippen molar-refractivity contribution in [2.75, 3.05) is 13.6 Å². The first-order chi connectivity index (χ1) is 13.7. The molecule has 0 fully saturated rings. The van der Waals surface area contributed by atoms with Crippen LogP contribution >= 0.6 is 0 Å². The minimum atomic E-state index is -3.56. The van der Waals surface area contributed by atoms with Crippen molar-refractivity contribution in [3.05, 3.63) is 59.9 Å². The normalized spacial score (nSPS) is 12.1. The van der Waals surface area contributed by atoms with Crippen LogP contribution in [-0.2, 0) is 16.6 Å². The number of aryl methyl sites for hydroxylation is 1. The van der Waals surface area contributed by atoms with Crippen LogP contribution in [-0.4, -0.2) is 47.8 Å². The minimum Gasteiger partial charge on any atom is -0.350 e. The van der Waals surface area contributed by atoms with Gasteiger partial charge in [0.05, 0.1) is 15.9 Å². The number of carbonyl (C=O) groups is 1. The number of sulfonamides is 1. The third-order valence-corrected chi connectivity index (χ3v) is 7.03. The maximum Gasteiger partial charge on any atom is 0.251 e. The van der Waals surface area contributed by atoms with Crippen LogP contribution in [0.2, 0.25) is 0 Å². The molecule has 1 aromatic heterocycles. The van der Waals surface area contributed by atoms with Gasteiger partial charge in [0.1, 0.15) is 5.82 Å². The van der Waals surface area contributed by atoms with Gasteiger partial charge in [-0.05, 0) is 57.2 Å². The molecule has 0 spiro atoms. The van der Waals surface area contributed by atoms with E-state index in [9.17, 15) is 13.2 Å². The fourth-order valence-electron chi connectivity index (χ4n) is 3.08. The lowest BCUT2D eigenvalue weighted by atomic mass is 10.2. The quantitative estimate of drug-likeness (QED) is 0.644. The number of carbonyl (C=O) groups excluding carboxylic acids is 1. The summed E-state index contributed by atoms with van der Waals surface area (Å²) in [5.41, 5.74) is 2.38. The first-order valence-electron chi connectivity index (χ1n) is 9.50. The van der Waals surface area contributed by atoms with Crippen LogP contribution in [0.15, 0.2) is 53.4 Å². The second-order valence-electron chi connectivity index (χ2n) is 7.19. The summed E-state index contributed by atoms with van der Waals surface area (Å²) >= 11 is 0. The number of hydrogen-bond acceptors (Lipinski definition) is 4. The zero-order chi connectivity index (χ0) is 21.2. The molecule has 1 heterocycles. The molecule has 8 heteroatoms. The number of aromatic nitrogens is 2. The molecule has 1 amide bonds. The molecule has 3 rings (SSSR count). The predicted molar refractivity (Wildman–Crippen MR) is 113 cm³/mol. The summed E-state index contributed by atoms with van der Waals surface area (Å²) in [5.74, 6) is 0.650. The smallest absolute Gasteiger partial charge is 0.251 e. The van der Waals surface area contributed by atoms with E-state index in [1.54, 1.807) is 7.05 Å². The molecule has 154 valence electrons. The van der Waals surface area contributed by atoms with Crippen molar-refractivity contribution >= 4 is 27.0 Å². The third-order valence-electron chi connectivity index (χ3n) is 4.99. The standard InChI is InChI=1S/C21H26N4O3S/c1-15(2)24(4)29(27,28)18-11-9-17(10-12-18)21(26)22-13-14-25-16(3)23-19-7-5-6-8-20(19)25/h5-12,15H,13-14H2,1-4H3,(H,22,26). The molecular formula is C21H26N4O3S. The van der Waals surface area contributed by atoms with Crippen LogP contribution < -0.4 is 5.32 Å². The third kappa shape index (κ3) is 4.33. The highest BCUT2D eigenvalue weighted by molar-refractivity contribution is 7.89. The largest absolute Gasteiger partial charge is 0.350 e. The Morgan fingerprint density at radius 2 is 1.79 bits per heavy atom. The Hall–Kier alpha value is -2.71. The van der Waals surface area contributed by atoms with Crippen molar-refractivity contribution in [2.24, 2.45) is 0 Å². The number of para-hydroxylation sites is 2. The van der Waals surface area contributed by atoms with E-state index in [2.05, 4.69) is 14.9 Å². The molecular weight excluding hydrogens is 388 g/mol. The van der Waals surface area contributed by atoms with Gasteiger partial charge in [0, 0.05) is 31.7 Å². The molecule has 7 nitrogen and oxygen atoms in total. The molecule has 0 saturated carbocycles. The molecule has 0 atom stereocenters. The maximum atomic E-state index is 12.5. The first kappa shape index (κ1) is 21.0. The molecule has 0 saturated heterocycles. The average Bonchev–Trinajstić information content (AvgIpc) is 3.02. The van der Waals surface area contributed by atoms with Crippen molar-refractivity contribution in [1.29, 1.82) is 0 Å². The minimum absolute atomic E-state index is 0.148. The lowest BCUT2D eigenvalue weighted by Crippen LogP contribution is -2.33. The summed E-state index contributed by atoms with van der Waals surface area (Å²) in [6, 6.07) is 13.7. The van der Waals surface area contributed by atoms with Gasteiger partial charge in [-0.3, -0.25) is 4.79 Å². The number of rotatable bonds is 7. The van der Waals surface area contributed by atoms with Gasteiger partial charge in [0.25, 0.3) is 5.91 Å². The summed E-state index contributed by atoms with van der Waals surface area (Å²) in [7, 11) is -2.02. The Balaban J connectivity index is 1.65. The molecule has 3 aromatic rings. The second-order valence-corrected chi connectivity index (χ2v) is 9.19. The number of amides is 1. The Morgan fingerprint density at radius 1 is 1.14 bits per heavy atom. The lowest BCUT2D eigenvalue weighted by molar-refractivity contribution is 0.0952. The van der Waals surface area contributed by atoms with E-state index in [4.69, 9.17) is 0 Å². The molecule has 0 bridgehead atoms. The van der Waals surface area contributed by atoms with Crippen LogP contribution in [0.3, 0.4) is 0 Å². The Morgan fingerprint density at radius 3 is 2.45 bits per heavy atom. The lowest BCUT2D eigenvalue weighted by Gasteiger charge is -2.21. The van der Waals surface area contributed by atoms with E-state index < -0.39 is 10.0 Å². The molecule has 0 radical (unpaired) electrons. The van der Waals surface area contributed by atoms with Gasteiger partial charge in [-0.1, -0.05) is 12.1 Å². The highest BCUT2D eigenvalue weighted by Gasteiger charge is 2.23.